The minimum atomic E-state index is 0.887. The van der Waals surface area contributed by atoms with E-state index in [9.17, 15) is 0 Å². The molecule has 0 aliphatic heterocycles. The highest BCUT2D eigenvalue weighted by atomic mass is 15.3. The van der Waals surface area contributed by atoms with Crippen LogP contribution in [0.25, 0.3) is 11.0 Å². The summed E-state index contributed by atoms with van der Waals surface area (Å²) < 4.78 is 1.75. The lowest BCUT2D eigenvalue weighted by Crippen LogP contribution is -1.89. The Labute approximate surface area is 57.5 Å². The highest BCUT2D eigenvalue weighted by molar-refractivity contribution is 5.72. The number of aromatic nitrogens is 4. The SMILES string of the molecule is Cn1ncc2ncncc21. The number of nitrogens with zero attached hydrogens (tertiary/aromatic N) is 4. The second-order valence-corrected chi connectivity index (χ2v) is 2.06. The molecule has 0 saturated carbocycles. The second kappa shape index (κ2) is 1.76. The maximum Gasteiger partial charge on any atom is 0.116 e. The fourth-order valence-electron chi connectivity index (χ4n) is 0.884. The molecule has 0 radical (unpaired) electrons. The Balaban J connectivity index is 2.93. The van der Waals surface area contributed by atoms with Gasteiger partial charge in [0.2, 0.25) is 0 Å². The van der Waals surface area contributed by atoms with Crippen molar-refractivity contribution in [3.05, 3.63) is 18.7 Å². The van der Waals surface area contributed by atoms with Gasteiger partial charge in [-0.25, -0.2) is 9.97 Å². The van der Waals surface area contributed by atoms with E-state index in [0.717, 1.165) is 11.0 Å². The number of hydrogen-bond donors (Lipinski definition) is 0. The minimum absolute atomic E-state index is 0.887. The van der Waals surface area contributed by atoms with Crippen LogP contribution in [0.15, 0.2) is 18.7 Å². The molecule has 4 heteroatoms. The van der Waals surface area contributed by atoms with Crippen LogP contribution in [0.5, 0.6) is 0 Å². The number of fused-ring (bicyclic) bond motifs is 1. The first kappa shape index (κ1) is 5.34. The molecule has 2 aromatic rings. The molecule has 2 rings (SSSR count). The molecule has 2 heterocycles. The first-order valence-electron chi connectivity index (χ1n) is 2.95. The van der Waals surface area contributed by atoms with Crippen LogP contribution in [0.2, 0.25) is 0 Å². The summed E-state index contributed by atoms with van der Waals surface area (Å²) in [5.41, 5.74) is 1.85. The van der Waals surface area contributed by atoms with E-state index >= 15 is 0 Å². The summed E-state index contributed by atoms with van der Waals surface area (Å²) in [6.07, 6.45) is 4.98. The molecule has 0 fully saturated rings. The Kier molecular flexibility index (Phi) is 0.943. The van der Waals surface area contributed by atoms with E-state index in [0.29, 0.717) is 0 Å². The fraction of sp³-hybridized carbons (Fsp3) is 0.167. The van der Waals surface area contributed by atoms with Gasteiger partial charge >= 0.3 is 0 Å². The first-order valence-corrected chi connectivity index (χ1v) is 2.95. The summed E-state index contributed by atoms with van der Waals surface area (Å²) in [6, 6.07) is 0. The molecule has 4 nitrogen and oxygen atoms in total. The molecule has 0 aliphatic rings. The highest BCUT2D eigenvalue weighted by Crippen LogP contribution is 2.04. The Hall–Kier alpha value is -1.45. The highest BCUT2D eigenvalue weighted by Gasteiger charge is 1.96. The third kappa shape index (κ3) is 0.586. The van der Waals surface area contributed by atoms with Crippen molar-refractivity contribution in [3.8, 4) is 0 Å². The van der Waals surface area contributed by atoms with Crippen LogP contribution in [-0.4, -0.2) is 19.7 Å². The average molecular weight is 134 g/mol. The molecule has 10 heavy (non-hydrogen) atoms. The second-order valence-electron chi connectivity index (χ2n) is 2.06. The van der Waals surface area contributed by atoms with Crippen molar-refractivity contribution in [3.63, 3.8) is 0 Å². The zero-order valence-electron chi connectivity index (χ0n) is 5.52. The zero-order valence-corrected chi connectivity index (χ0v) is 5.52. The van der Waals surface area contributed by atoms with Gasteiger partial charge < -0.3 is 0 Å². The van der Waals surface area contributed by atoms with Gasteiger partial charge in [0.05, 0.1) is 12.4 Å². The van der Waals surface area contributed by atoms with Crippen molar-refractivity contribution in [1.82, 2.24) is 19.7 Å². The summed E-state index contributed by atoms with van der Waals surface area (Å²) >= 11 is 0. The third-order valence-electron chi connectivity index (χ3n) is 1.42. The Morgan fingerprint density at radius 3 is 3.10 bits per heavy atom. The van der Waals surface area contributed by atoms with Crippen molar-refractivity contribution in [1.29, 1.82) is 0 Å². The Morgan fingerprint density at radius 1 is 1.40 bits per heavy atom. The van der Waals surface area contributed by atoms with Gasteiger partial charge in [0.1, 0.15) is 17.4 Å². The fourth-order valence-corrected chi connectivity index (χ4v) is 0.884. The summed E-state index contributed by atoms with van der Waals surface area (Å²) in [5, 5.41) is 4.01. The van der Waals surface area contributed by atoms with E-state index < -0.39 is 0 Å². The Morgan fingerprint density at radius 2 is 2.30 bits per heavy atom. The molecule has 0 spiro atoms. The number of hydrogen-bond acceptors (Lipinski definition) is 3. The van der Waals surface area contributed by atoms with E-state index in [2.05, 4.69) is 15.1 Å². The van der Waals surface area contributed by atoms with Gasteiger partial charge in [0, 0.05) is 7.05 Å². The third-order valence-corrected chi connectivity index (χ3v) is 1.42. The molecule has 0 atom stereocenters. The largest absolute Gasteiger partial charge is 0.265 e. The van der Waals surface area contributed by atoms with Gasteiger partial charge in [-0.2, -0.15) is 5.10 Å². The molecule has 0 amide bonds. The van der Waals surface area contributed by atoms with Crippen LogP contribution in [0.4, 0.5) is 0 Å². The van der Waals surface area contributed by atoms with Crippen molar-refractivity contribution in [2.75, 3.05) is 0 Å². The standard InChI is InChI=1S/C6H6N4/c1-10-6-3-7-4-8-5(6)2-9-10/h2-4H,1H3. The zero-order chi connectivity index (χ0) is 6.97. The summed E-state index contributed by atoms with van der Waals surface area (Å²) in [5.74, 6) is 0. The maximum atomic E-state index is 4.01. The first-order chi connectivity index (χ1) is 4.88. The van der Waals surface area contributed by atoms with E-state index in [-0.39, 0.29) is 0 Å². The molecule has 2 aromatic heterocycles. The molecule has 0 bridgehead atoms. The summed E-state index contributed by atoms with van der Waals surface area (Å²) in [4.78, 5) is 7.88. The molecule has 0 aromatic carbocycles. The van der Waals surface area contributed by atoms with E-state index in [1.807, 2.05) is 7.05 Å². The lowest BCUT2D eigenvalue weighted by molar-refractivity contribution is 0.795. The van der Waals surface area contributed by atoms with Crippen molar-refractivity contribution in [2.24, 2.45) is 7.05 Å². The Bertz CT molecular complexity index is 351. The predicted molar refractivity (Wildman–Crippen MR) is 36.3 cm³/mol. The topological polar surface area (TPSA) is 43.6 Å². The summed E-state index contributed by atoms with van der Waals surface area (Å²) in [6.45, 7) is 0. The van der Waals surface area contributed by atoms with Crippen molar-refractivity contribution < 1.29 is 0 Å². The lowest BCUT2D eigenvalue weighted by Gasteiger charge is -1.88. The van der Waals surface area contributed by atoms with Crippen LogP contribution in [0, 0.1) is 0 Å². The van der Waals surface area contributed by atoms with E-state index in [1.165, 1.54) is 6.33 Å². The van der Waals surface area contributed by atoms with Crippen LogP contribution in [0.1, 0.15) is 0 Å². The molecule has 0 N–H and O–H groups in total. The molecule has 0 aliphatic carbocycles. The quantitative estimate of drug-likeness (QED) is 0.522. The van der Waals surface area contributed by atoms with Crippen molar-refractivity contribution in [2.45, 2.75) is 0 Å². The monoisotopic (exact) mass is 134 g/mol. The van der Waals surface area contributed by atoms with Gasteiger partial charge in [-0.15, -0.1) is 0 Å². The minimum Gasteiger partial charge on any atom is -0.265 e. The number of rotatable bonds is 0. The molecular weight excluding hydrogens is 128 g/mol. The van der Waals surface area contributed by atoms with Gasteiger partial charge in [-0.3, -0.25) is 4.68 Å². The predicted octanol–water partition coefficient (Wildman–Crippen LogP) is 0.363. The van der Waals surface area contributed by atoms with E-state index in [4.69, 9.17) is 0 Å². The van der Waals surface area contributed by atoms with E-state index in [1.54, 1.807) is 17.1 Å². The molecule has 0 unspecified atom stereocenters. The number of aryl methyl sites for hydroxylation is 1. The molecular formula is C6H6N4. The van der Waals surface area contributed by atoms with Crippen molar-refractivity contribution >= 4 is 11.0 Å². The van der Waals surface area contributed by atoms with Gasteiger partial charge in [-0.1, -0.05) is 0 Å². The maximum absolute atomic E-state index is 4.01. The smallest absolute Gasteiger partial charge is 0.116 e. The van der Waals surface area contributed by atoms with Crippen LogP contribution < -0.4 is 0 Å². The van der Waals surface area contributed by atoms with Crippen LogP contribution in [0.3, 0.4) is 0 Å². The van der Waals surface area contributed by atoms with Crippen LogP contribution >= 0.6 is 0 Å². The average Bonchev–Trinajstić information content (AvgIpc) is 2.34. The summed E-state index contributed by atoms with van der Waals surface area (Å²) in [7, 11) is 1.87. The molecule has 0 saturated heterocycles. The van der Waals surface area contributed by atoms with Crippen LogP contribution in [-0.2, 0) is 7.05 Å². The lowest BCUT2D eigenvalue weighted by atomic mass is 10.5. The normalized spacial score (nSPS) is 10.5. The molecule has 50 valence electrons. The van der Waals surface area contributed by atoms with Gasteiger partial charge in [-0.05, 0) is 0 Å². The van der Waals surface area contributed by atoms with Gasteiger partial charge in [0.15, 0.2) is 0 Å². The van der Waals surface area contributed by atoms with Gasteiger partial charge in [0.25, 0.3) is 0 Å².